The van der Waals surface area contributed by atoms with Crippen molar-refractivity contribution in [3.8, 4) is 33.8 Å². The van der Waals surface area contributed by atoms with E-state index in [4.69, 9.17) is 4.74 Å². The molecule has 3 aromatic rings. The molecule has 3 aromatic carbocycles. The molecule has 26 heavy (non-hydrogen) atoms. The van der Waals surface area contributed by atoms with Gasteiger partial charge in [0, 0.05) is 16.7 Å². The summed E-state index contributed by atoms with van der Waals surface area (Å²) in [5, 5.41) is 11.1. The van der Waals surface area contributed by atoms with Crippen LogP contribution in [0.4, 0.5) is 0 Å². The van der Waals surface area contributed by atoms with Gasteiger partial charge in [-0.15, -0.1) is 0 Å². The monoisotopic (exact) mass is 345 g/mol. The molecule has 0 spiro atoms. The number of phenols is 1. The van der Waals surface area contributed by atoms with Crippen molar-refractivity contribution in [2.45, 2.75) is 33.6 Å². The fourth-order valence-electron chi connectivity index (χ4n) is 3.23. The summed E-state index contributed by atoms with van der Waals surface area (Å²) in [6.45, 7) is 6.24. The van der Waals surface area contributed by atoms with Crippen molar-refractivity contribution in [1.29, 1.82) is 0 Å². The average molecular weight is 345 g/mol. The van der Waals surface area contributed by atoms with Crippen molar-refractivity contribution >= 4 is 0 Å². The van der Waals surface area contributed by atoms with E-state index in [1.165, 1.54) is 11.1 Å². The second-order valence-corrected chi connectivity index (χ2v) is 6.72. The summed E-state index contributed by atoms with van der Waals surface area (Å²) in [6, 6.07) is 20.1. The molecule has 0 heterocycles. The number of benzene rings is 3. The minimum atomic E-state index is 0.189. The van der Waals surface area contributed by atoms with Gasteiger partial charge in [-0.25, -0.2) is 0 Å². The van der Waals surface area contributed by atoms with Gasteiger partial charge in [-0.1, -0.05) is 73.0 Å². The van der Waals surface area contributed by atoms with Crippen LogP contribution in [0.15, 0.2) is 48.5 Å². The predicted molar refractivity (Wildman–Crippen MR) is 108 cm³/mol. The van der Waals surface area contributed by atoms with Crippen LogP contribution in [-0.4, -0.2) is 12.2 Å². The van der Waals surface area contributed by atoms with Crippen LogP contribution >= 0.6 is 0 Å². The topological polar surface area (TPSA) is 29.5 Å². The smallest absolute Gasteiger partial charge is 0.166 e. The van der Waals surface area contributed by atoms with Gasteiger partial charge in [0.25, 0.3) is 0 Å². The van der Waals surface area contributed by atoms with Crippen molar-refractivity contribution in [1.82, 2.24) is 0 Å². The first-order valence-corrected chi connectivity index (χ1v) is 9.04. The van der Waals surface area contributed by atoms with E-state index in [9.17, 15) is 5.11 Å². The summed E-state index contributed by atoms with van der Waals surface area (Å²) >= 11 is 0. The Hall–Kier alpha value is -2.74. The van der Waals surface area contributed by atoms with Crippen molar-refractivity contribution in [3.63, 3.8) is 0 Å². The molecule has 0 fully saturated rings. The van der Waals surface area contributed by atoms with Crippen molar-refractivity contribution < 1.29 is 9.84 Å². The molecule has 0 amide bonds. The molecule has 0 saturated carbocycles. The molecule has 0 bridgehead atoms. The van der Waals surface area contributed by atoms with Crippen molar-refractivity contribution in [2.75, 3.05) is 7.11 Å². The minimum absolute atomic E-state index is 0.189. The summed E-state index contributed by atoms with van der Waals surface area (Å²) < 4.78 is 5.54. The summed E-state index contributed by atoms with van der Waals surface area (Å²) in [6.07, 6.45) is 1.77. The lowest BCUT2D eigenvalue weighted by molar-refractivity contribution is 0.370. The molecule has 1 N–H and O–H groups in total. The van der Waals surface area contributed by atoms with Gasteiger partial charge in [0.1, 0.15) is 0 Å². The minimum Gasteiger partial charge on any atom is -0.504 e. The molecule has 2 nitrogen and oxygen atoms in total. The van der Waals surface area contributed by atoms with Crippen LogP contribution in [-0.2, 0) is 6.42 Å². The van der Waals surface area contributed by atoms with Gasteiger partial charge in [0.2, 0.25) is 0 Å². The lowest BCUT2D eigenvalue weighted by atomic mass is 9.89. The first-order chi connectivity index (χ1) is 12.5. The molecule has 3 rings (SSSR count). The maximum absolute atomic E-state index is 11.1. The van der Waals surface area contributed by atoms with Gasteiger partial charge in [-0.3, -0.25) is 0 Å². The fraction of sp³-hybridized carbons (Fsp3) is 0.250. The largest absolute Gasteiger partial charge is 0.504 e. The van der Waals surface area contributed by atoms with E-state index in [2.05, 4.69) is 63.2 Å². The van der Waals surface area contributed by atoms with E-state index in [1.807, 2.05) is 12.1 Å². The van der Waals surface area contributed by atoms with Gasteiger partial charge in [-0.2, -0.15) is 0 Å². The number of hydrogen-bond donors (Lipinski definition) is 1. The van der Waals surface area contributed by atoms with Gasteiger partial charge < -0.3 is 9.84 Å². The molecule has 0 aliphatic rings. The zero-order chi connectivity index (χ0) is 18.7. The Bertz CT molecular complexity index is 891. The Balaban J connectivity index is 2.31. The highest BCUT2D eigenvalue weighted by atomic mass is 16.5. The summed E-state index contributed by atoms with van der Waals surface area (Å²) in [5.41, 5.74) is 6.99. The highest BCUT2D eigenvalue weighted by Crippen LogP contribution is 2.46. The van der Waals surface area contributed by atoms with Crippen LogP contribution in [0.5, 0.6) is 11.5 Å². The SMILES string of the molecule is CCCc1[c]c(-c2ccc(C)cc2)c(-c2ccc(C)cc2)c(O)c1OC. The lowest BCUT2D eigenvalue weighted by Gasteiger charge is -2.18. The number of aryl methyl sites for hydroxylation is 3. The van der Waals surface area contributed by atoms with E-state index in [0.29, 0.717) is 5.75 Å². The quantitative estimate of drug-likeness (QED) is 0.605. The Morgan fingerprint density at radius 2 is 1.42 bits per heavy atom. The zero-order valence-corrected chi connectivity index (χ0v) is 15.9. The molecule has 133 valence electrons. The first kappa shape index (κ1) is 18.1. The normalized spacial score (nSPS) is 10.8. The number of rotatable bonds is 5. The summed E-state index contributed by atoms with van der Waals surface area (Å²) in [5.74, 6) is 0.715. The molecular weight excluding hydrogens is 320 g/mol. The van der Waals surface area contributed by atoms with Crippen LogP contribution in [0.2, 0.25) is 0 Å². The number of hydrogen-bond acceptors (Lipinski definition) is 2. The van der Waals surface area contributed by atoms with E-state index in [0.717, 1.165) is 40.7 Å². The Morgan fingerprint density at radius 3 is 1.92 bits per heavy atom. The number of aromatic hydroxyl groups is 1. The second-order valence-electron chi connectivity index (χ2n) is 6.72. The van der Waals surface area contributed by atoms with Crippen LogP contribution in [0.25, 0.3) is 22.3 Å². The van der Waals surface area contributed by atoms with Gasteiger partial charge in [0.15, 0.2) is 11.5 Å². The number of ether oxygens (including phenoxy) is 1. The number of methoxy groups -OCH3 is 1. The Kier molecular flexibility index (Phi) is 5.32. The van der Waals surface area contributed by atoms with E-state index in [-0.39, 0.29) is 5.75 Å². The van der Waals surface area contributed by atoms with E-state index < -0.39 is 0 Å². The second kappa shape index (κ2) is 7.65. The van der Waals surface area contributed by atoms with Gasteiger partial charge in [0.05, 0.1) is 7.11 Å². The van der Waals surface area contributed by atoms with Gasteiger partial charge >= 0.3 is 0 Å². The average Bonchev–Trinajstić information content (AvgIpc) is 2.63. The van der Waals surface area contributed by atoms with Crippen LogP contribution < -0.4 is 4.74 Å². The third kappa shape index (κ3) is 3.45. The summed E-state index contributed by atoms with van der Waals surface area (Å²) in [4.78, 5) is 0. The van der Waals surface area contributed by atoms with Crippen LogP contribution in [0.1, 0.15) is 30.0 Å². The van der Waals surface area contributed by atoms with E-state index in [1.54, 1.807) is 7.11 Å². The zero-order valence-electron chi connectivity index (χ0n) is 15.9. The van der Waals surface area contributed by atoms with Crippen LogP contribution in [0.3, 0.4) is 0 Å². The molecular formula is C24H25O2. The molecule has 0 unspecified atom stereocenters. The molecule has 0 atom stereocenters. The standard InChI is InChI=1S/C24H25O2/c1-5-6-20-15-21(18-11-7-16(2)8-12-18)22(23(25)24(20)26-4)19-13-9-17(3)10-14-19/h7-14,25H,5-6H2,1-4H3. The van der Waals surface area contributed by atoms with Crippen molar-refractivity contribution in [2.24, 2.45) is 0 Å². The Labute approximate surface area is 156 Å². The fourth-order valence-corrected chi connectivity index (χ4v) is 3.23. The Morgan fingerprint density at radius 1 is 0.885 bits per heavy atom. The highest BCUT2D eigenvalue weighted by molar-refractivity contribution is 5.90. The van der Waals surface area contributed by atoms with Crippen molar-refractivity contribution in [3.05, 3.63) is 71.3 Å². The molecule has 2 heteroatoms. The predicted octanol–water partition coefficient (Wildman–Crippen LogP) is 6.10. The molecule has 0 aliphatic heterocycles. The lowest BCUT2D eigenvalue weighted by Crippen LogP contribution is -1.98. The van der Waals surface area contributed by atoms with Crippen LogP contribution in [0, 0.1) is 19.9 Å². The molecule has 0 aliphatic carbocycles. The third-order valence-electron chi connectivity index (χ3n) is 4.64. The molecule has 0 saturated heterocycles. The highest BCUT2D eigenvalue weighted by Gasteiger charge is 2.20. The summed E-state index contributed by atoms with van der Waals surface area (Å²) in [7, 11) is 1.60. The maximum Gasteiger partial charge on any atom is 0.166 e. The van der Waals surface area contributed by atoms with Gasteiger partial charge in [-0.05, 0) is 37.5 Å². The third-order valence-corrected chi connectivity index (χ3v) is 4.64. The molecule has 0 aromatic heterocycles. The molecule has 1 radical (unpaired) electrons. The van der Waals surface area contributed by atoms with E-state index >= 15 is 0 Å². The maximum atomic E-state index is 11.1. The number of phenolic OH excluding ortho intramolecular Hbond substituents is 1. The first-order valence-electron chi connectivity index (χ1n) is 9.04.